The molecule has 29 heavy (non-hydrogen) atoms. The predicted molar refractivity (Wildman–Crippen MR) is 118 cm³/mol. The second-order valence-electron chi connectivity index (χ2n) is 7.96. The van der Waals surface area contributed by atoms with Crippen molar-refractivity contribution < 1.29 is 9.59 Å². The summed E-state index contributed by atoms with van der Waals surface area (Å²) in [6.07, 6.45) is 2.47. The highest BCUT2D eigenvalue weighted by molar-refractivity contribution is 5.90. The molecule has 158 valence electrons. The van der Waals surface area contributed by atoms with Gasteiger partial charge in [-0.2, -0.15) is 0 Å². The van der Waals surface area contributed by atoms with Crippen molar-refractivity contribution in [3.05, 3.63) is 48.0 Å². The topological polar surface area (TPSA) is 110 Å². The van der Waals surface area contributed by atoms with Gasteiger partial charge in [0, 0.05) is 13.0 Å². The van der Waals surface area contributed by atoms with Gasteiger partial charge in [-0.3, -0.25) is 9.59 Å². The number of hydrogen-bond acceptors (Lipinski definition) is 4. The minimum Gasteiger partial charge on any atom is -0.354 e. The molecule has 2 aromatic carbocycles. The van der Waals surface area contributed by atoms with Gasteiger partial charge in [0.05, 0.1) is 6.04 Å². The van der Waals surface area contributed by atoms with E-state index in [1.165, 1.54) is 0 Å². The zero-order chi connectivity index (χ0) is 21.2. The number of carbonyl (C=O) groups excluding carboxylic acids is 2. The maximum Gasteiger partial charge on any atom is 0.242 e. The third-order valence-corrected chi connectivity index (χ3v) is 4.96. The molecule has 0 radical (unpaired) electrons. The number of rotatable bonds is 11. The van der Waals surface area contributed by atoms with E-state index in [1.54, 1.807) is 0 Å². The SMILES string of the molecule is CC(C)CCNC(=O)[C@H](Cc1ccc2ccccc2c1)NC(=O)[C@H](N)CCCN. The lowest BCUT2D eigenvalue weighted by Gasteiger charge is -2.21. The summed E-state index contributed by atoms with van der Waals surface area (Å²) in [6.45, 7) is 5.28. The van der Waals surface area contributed by atoms with Gasteiger partial charge >= 0.3 is 0 Å². The van der Waals surface area contributed by atoms with Gasteiger partial charge in [-0.15, -0.1) is 0 Å². The van der Waals surface area contributed by atoms with Crippen LogP contribution in [0.3, 0.4) is 0 Å². The first kappa shape index (κ1) is 22.8. The molecule has 0 aliphatic carbocycles. The smallest absolute Gasteiger partial charge is 0.242 e. The molecule has 0 bridgehead atoms. The van der Waals surface area contributed by atoms with Gasteiger partial charge < -0.3 is 22.1 Å². The van der Waals surface area contributed by atoms with Crippen molar-refractivity contribution in [1.82, 2.24) is 10.6 Å². The maximum atomic E-state index is 12.8. The van der Waals surface area contributed by atoms with Crippen LogP contribution in [-0.2, 0) is 16.0 Å². The van der Waals surface area contributed by atoms with Gasteiger partial charge in [-0.05, 0) is 48.1 Å². The van der Waals surface area contributed by atoms with Crippen LogP contribution in [0.2, 0.25) is 0 Å². The molecule has 2 atom stereocenters. The molecule has 0 fully saturated rings. The summed E-state index contributed by atoms with van der Waals surface area (Å²) >= 11 is 0. The number of hydrogen-bond donors (Lipinski definition) is 4. The molecular weight excluding hydrogens is 364 g/mol. The minimum absolute atomic E-state index is 0.182. The van der Waals surface area contributed by atoms with Crippen LogP contribution in [0.5, 0.6) is 0 Å². The first-order valence-corrected chi connectivity index (χ1v) is 10.4. The molecule has 6 heteroatoms. The summed E-state index contributed by atoms with van der Waals surface area (Å²) in [6, 6.07) is 12.8. The number of benzene rings is 2. The molecule has 0 saturated heterocycles. The molecule has 0 aromatic heterocycles. The lowest BCUT2D eigenvalue weighted by molar-refractivity contribution is -0.129. The standard InChI is InChI=1S/C23H34N4O2/c1-16(2)11-13-26-23(29)21(27-22(28)20(25)8-5-12-24)15-17-9-10-18-6-3-4-7-19(18)14-17/h3-4,6-7,9-10,14,16,20-21H,5,8,11-13,15,24-25H2,1-2H3,(H,26,29)(H,27,28)/t20-,21+/m1/s1. The lowest BCUT2D eigenvalue weighted by Crippen LogP contribution is -2.52. The summed E-state index contributed by atoms with van der Waals surface area (Å²) in [7, 11) is 0. The van der Waals surface area contributed by atoms with Gasteiger partial charge in [0.15, 0.2) is 0 Å². The average molecular weight is 399 g/mol. The van der Waals surface area contributed by atoms with Crippen molar-refractivity contribution in [3.8, 4) is 0 Å². The molecule has 6 N–H and O–H groups in total. The zero-order valence-electron chi connectivity index (χ0n) is 17.5. The summed E-state index contributed by atoms with van der Waals surface area (Å²) in [5, 5.41) is 8.04. The molecule has 2 amide bonds. The minimum atomic E-state index is -0.667. The summed E-state index contributed by atoms with van der Waals surface area (Å²) in [5.41, 5.74) is 12.5. The van der Waals surface area contributed by atoms with E-state index in [-0.39, 0.29) is 11.8 Å². The van der Waals surface area contributed by atoms with E-state index in [0.29, 0.717) is 38.3 Å². The Hall–Kier alpha value is -2.44. The van der Waals surface area contributed by atoms with E-state index in [9.17, 15) is 9.59 Å². The van der Waals surface area contributed by atoms with Crippen molar-refractivity contribution >= 4 is 22.6 Å². The molecule has 6 nitrogen and oxygen atoms in total. The Bertz CT molecular complexity index is 806. The van der Waals surface area contributed by atoms with Crippen molar-refractivity contribution in [3.63, 3.8) is 0 Å². The first-order chi connectivity index (χ1) is 13.9. The number of carbonyl (C=O) groups is 2. The van der Waals surface area contributed by atoms with Crippen LogP contribution in [0.1, 0.15) is 38.7 Å². The Morgan fingerprint density at radius 2 is 1.72 bits per heavy atom. The Morgan fingerprint density at radius 3 is 2.41 bits per heavy atom. The van der Waals surface area contributed by atoms with Gasteiger partial charge in [-0.1, -0.05) is 56.3 Å². The van der Waals surface area contributed by atoms with Crippen molar-refractivity contribution in [2.45, 2.75) is 51.6 Å². The van der Waals surface area contributed by atoms with Crippen molar-refractivity contribution in [2.75, 3.05) is 13.1 Å². The van der Waals surface area contributed by atoms with Crippen LogP contribution in [0.25, 0.3) is 10.8 Å². The van der Waals surface area contributed by atoms with Crippen molar-refractivity contribution in [1.29, 1.82) is 0 Å². The molecule has 0 unspecified atom stereocenters. The van der Waals surface area contributed by atoms with Crippen LogP contribution in [0.4, 0.5) is 0 Å². The van der Waals surface area contributed by atoms with Crippen LogP contribution in [0, 0.1) is 5.92 Å². The van der Waals surface area contributed by atoms with E-state index < -0.39 is 12.1 Å². The lowest BCUT2D eigenvalue weighted by atomic mass is 10.0. The van der Waals surface area contributed by atoms with Gasteiger partial charge in [0.2, 0.25) is 11.8 Å². The third kappa shape index (κ3) is 7.48. The van der Waals surface area contributed by atoms with Crippen LogP contribution in [0.15, 0.2) is 42.5 Å². The highest BCUT2D eigenvalue weighted by atomic mass is 16.2. The fourth-order valence-corrected chi connectivity index (χ4v) is 3.17. The molecule has 2 rings (SSSR count). The van der Waals surface area contributed by atoms with Crippen LogP contribution in [-0.4, -0.2) is 37.0 Å². The Labute approximate surface area is 173 Å². The fraction of sp³-hybridized carbons (Fsp3) is 0.478. The number of amides is 2. The van der Waals surface area contributed by atoms with E-state index in [2.05, 4.69) is 30.5 Å². The van der Waals surface area contributed by atoms with Crippen LogP contribution < -0.4 is 22.1 Å². The van der Waals surface area contributed by atoms with Gasteiger partial charge in [0.1, 0.15) is 6.04 Å². The third-order valence-electron chi connectivity index (χ3n) is 4.96. The Kier molecular flexibility index (Phi) is 9.09. The van der Waals surface area contributed by atoms with Gasteiger partial charge in [-0.25, -0.2) is 0 Å². The fourth-order valence-electron chi connectivity index (χ4n) is 3.17. The molecule has 0 aliphatic rings. The largest absolute Gasteiger partial charge is 0.354 e. The quantitative estimate of drug-likeness (QED) is 0.464. The van der Waals surface area contributed by atoms with E-state index in [4.69, 9.17) is 11.5 Å². The van der Waals surface area contributed by atoms with E-state index >= 15 is 0 Å². The Balaban J connectivity index is 2.11. The first-order valence-electron chi connectivity index (χ1n) is 10.4. The average Bonchev–Trinajstić information content (AvgIpc) is 2.70. The highest BCUT2D eigenvalue weighted by Crippen LogP contribution is 2.17. The molecule has 0 spiro atoms. The maximum absolute atomic E-state index is 12.8. The Morgan fingerprint density at radius 1 is 1.00 bits per heavy atom. The summed E-state index contributed by atoms with van der Waals surface area (Å²) in [4.78, 5) is 25.3. The molecule has 0 heterocycles. The second-order valence-corrected chi connectivity index (χ2v) is 7.96. The van der Waals surface area contributed by atoms with Gasteiger partial charge in [0.25, 0.3) is 0 Å². The van der Waals surface area contributed by atoms with Crippen molar-refractivity contribution in [2.24, 2.45) is 17.4 Å². The highest BCUT2D eigenvalue weighted by Gasteiger charge is 2.24. The zero-order valence-corrected chi connectivity index (χ0v) is 17.5. The van der Waals surface area contributed by atoms with Crippen LogP contribution >= 0.6 is 0 Å². The molecule has 0 saturated carbocycles. The number of fused-ring (bicyclic) bond motifs is 1. The molecule has 0 aliphatic heterocycles. The predicted octanol–water partition coefficient (Wildman–Crippen LogP) is 2.10. The number of nitrogens with two attached hydrogens (primary N) is 2. The summed E-state index contributed by atoms with van der Waals surface area (Å²) < 4.78 is 0. The van der Waals surface area contributed by atoms with E-state index in [0.717, 1.165) is 22.8 Å². The molecule has 2 aromatic rings. The summed E-state index contributed by atoms with van der Waals surface area (Å²) in [5.74, 6) is -0.00468. The molecular formula is C23H34N4O2. The number of nitrogens with one attached hydrogen (secondary N) is 2. The van der Waals surface area contributed by atoms with E-state index in [1.807, 2.05) is 36.4 Å². The monoisotopic (exact) mass is 398 g/mol. The normalized spacial score (nSPS) is 13.3. The second kappa shape index (κ2) is 11.5.